The lowest BCUT2D eigenvalue weighted by Gasteiger charge is -2.26. The van der Waals surface area contributed by atoms with E-state index in [0.717, 1.165) is 49.6 Å². The summed E-state index contributed by atoms with van der Waals surface area (Å²) in [6, 6.07) is 6.19. The number of pyridine rings is 1. The molecule has 0 amide bonds. The van der Waals surface area contributed by atoms with Crippen molar-refractivity contribution in [2.75, 3.05) is 26.3 Å². The molecular weight excluding hydrogens is 256 g/mol. The zero-order chi connectivity index (χ0) is 10.5. The zero-order valence-electron chi connectivity index (χ0n) is 8.66. The second-order valence-electron chi connectivity index (χ2n) is 3.64. The van der Waals surface area contributed by atoms with Gasteiger partial charge < -0.3 is 4.74 Å². The Kier molecular flexibility index (Phi) is 4.11. The Bertz CT molecular complexity index is 313. The van der Waals surface area contributed by atoms with Gasteiger partial charge in [0.1, 0.15) is 0 Å². The second kappa shape index (κ2) is 5.58. The number of morpholine rings is 1. The molecule has 1 aromatic heterocycles. The minimum Gasteiger partial charge on any atom is -0.379 e. The summed E-state index contributed by atoms with van der Waals surface area (Å²) in [6.45, 7) is 4.65. The maximum atomic E-state index is 5.31. The van der Waals surface area contributed by atoms with Gasteiger partial charge in [-0.1, -0.05) is 22.0 Å². The molecule has 82 valence electrons. The first-order chi connectivity index (χ1) is 7.38. The van der Waals surface area contributed by atoms with Crippen LogP contribution in [-0.4, -0.2) is 36.2 Å². The van der Waals surface area contributed by atoms with E-state index in [-0.39, 0.29) is 0 Å². The number of hydrogen-bond acceptors (Lipinski definition) is 3. The van der Waals surface area contributed by atoms with Gasteiger partial charge in [0.15, 0.2) is 0 Å². The van der Waals surface area contributed by atoms with E-state index in [1.54, 1.807) is 0 Å². The van der Waals surface area contributed by atoms with Crippen molar-refractivity contribution in [1.29, 1.82) is 0 Å². The van der Waals surface area contributed by atoms with E-state index in [9.17, 15) is 0 Å². The number of nitrogens with zero attached hydrogens (tertiary/aromatic N) is 2. The molecule has 2 rings (SSSR count). The molecule has 1 aliphatic heterocycles. The van der Waals surface area contributed by atoms with Gasteiger partial charge in [-0.05, 0) is 12.1 Å². The fourth-order valence-electron chi connectivity index (χ4n) is 1.68. The van der Waals surface area contributed by atoms with E-state index < -0.39 is 0 Å². The third-order valence-corrected chi connectivity index (χ3v) is 3.07. The highest BCUT2D eigenvalue weighted by Gasteiger charge is 2.11. The van der Waals surface area contributed by atoms with Crippen LogP contribution in [0.2, 0.25) is 0 Å². The van der Waals surface area contributed by atoms with E-state index in [0.29, 0.717) is 0 Å². The summed E-state index contributed by atoms with van der Waals surface area (Å²) in [5.41, 5.74) is 2.25. The predicted octanol–water partition coefficient (Wildman–Crippen LogP) is 1.81. The lowest BCUT2D eigenvalue weighted by molar-refractivity contribution is 0.0336. The Balaban J connectivity index is 1.96. The number of alkyl halides is 1. The average Bonchev–Trinajstić information content (AvgIpc) is 2.31. The Morgan fingerprint density at radius 2 is 2.00 bits per heavy atom. The molecule has 4 heteroatoms. The summed E-state index contributed by atoms with van der Waals surface area (Å²) in [5.74, 6) is 0. The maximum Gasteiger partial charge on any atom is 0.0594 e. The molecule has 0 aromatic carbocycles. The van der Waals surface area contributed by atoms with Crippen LogP contribution in [0.3, 0.4) is 0 Å². The van der Waals surface area contributed by atoms with E-state index in [1.165, 1.54) is 0 Å². The van der Waals surface area contributed by atoms with Crippen molar-refractivity contribution in [2.24, 2.45) is 0 Å². The molecule has 1 fully saturated rings. The van der Waals surface area contributed by atoms with Crippen LogP contribution >= 0.6 is 15.9 Å². The molecule has 0 radical (unpaired) electrons. The molecule has 0 unspecified atom stereocenters. The Morgan fingerprint density at radius 1 is 1.27 bits per heavy atom. The zero-order valence-corrected chi connectivity index (χ0v) is 10.2. The van der Waals surface area contributed by atoms with Crippen molar-refractivity contribution in [2.45, 2.75) is 11.9 Å². The second-order valence-corrected chi connectivity index (χ2v) is 4.20. The number of hydrogen-bond donors (Lipinski definition) is 0. The van der Waals surface area contributed by atoms with Gasteiger partial charge in [-0.2, -0.15) is 0 Å². The maximum absolute atomic E-state index is 5.31. The first kappa shape index (κ1) is 11.0. The predicted molar refractivity (Wildman–Crippen MR) is 63.0 cm³/mol. The van der Waals surface area contributed by atoms with Crippen molar-refractivity contribution in [3.63, 3.8) is 0 Å². The number of aromatic nitrogens is 1. The fraction of sp³-hybridized carbons (Fsp3) is 0.545. The molecule has 0 N–H and O–H groups in total. The highest BCUT2D eigenvalue weighted by molar-refractivity contribution is 9.08. The molecule has 1 aliphatic rings. The van der Waals surface area contributed by atoms with Crippen LogP contribution in [0.4, 0.5) is 0 Å². The van der Waals surface area contributed by atoms with Crippen molar-refractivity contribution in [1.82, 2.24) is 9.88 Å². The van der Waals surface area contributed by atoms with Gasteiger partial charge in [-0.15, -0.1) is 0 Å². The average molecular weight is 271 g/mol. The van der Waals surface area contributed by atoms with Crippen molar-refractivity contribution >= 4 is 15.9 Å². The van der Waals surface area contributed by atoms with Gasteiger partial charge in [-0.3, -0.25) is 9.88 Å². The topological polar surface area (TPSA) is 25.4 Å². The van der Waals surface area contributed by atoms with Crippen LogP contribution in [0.15, 0.2) is 18.2 Å². The summed E-state index contributed by atoms with van der Waals surface area (Å²) >= 11 is 3.42. The Morgan fingerprint density at radius 3 is 2.73 bits per heavy atom. The highest BCUT2D eigenvalue weighted by atomic mass is 79.9. The van der Waals surface area contributed by atoms with E-state index in [1.807, 2.05) is 6.07 Å². The van der Waals surface area contributed by atoms with Crippen molar-refractivity contribution < 1.29 is 4.74 Å². The van der Waals surface area contributed by atoms with Crippen molar-refractivity contribution in [3.8, 4) is 0 Å². The molecule has 3 nitrogen and oxygen atoms in total. The summed E-state index contributed by atoms with van der Waals surface area (Å²) in [5, 5.41) is 0.823. The molecule has 0 aliphatic carbocycles. The van der Waals surface area contributed by atoms with Crippen LogP contribution in [0.25, 0.3) is 0 Å². The summed E-state index contributed by atoms with van der Waals surface area (Å²) in [6.07, 6.45) is 0. The Hall–Kier alpha value is -0.450. The van der Waals surface area contributed by atoms with Gasteiger partial charge in [-0.25, -0.2) is 0 Å². The Labute approximate surface area is 98.6 Å². The minimum absolute atomic E-state index is 0.823. The van der Waals surface area contributed by atoms with Gasteiger partial charge in [0.05, 0.1) is 24.6 Å². The lowest BCUT2D eigenvalue weighted by Crippen LogP contribution is -2.35. The smallest absolute Gasteiger partial charge is 0.0594 e. The molecule has 1 saturated heterocycles. The largest absolute Gasteiger partial charge is 0.379 e. The van der Waals surface area contributed by atoms with Crippen LogP contribution in [-0.2, 0) is 16.6 Å². The quantitative estimate of drug-likeness (QED) is 0.784. The fourth-order valence-corrected chi connectivity index (χ4v) is 1.99. The van der Waals surface area contributed by atoms with Gasteiger partial charge in [0.2, 0.25) is 0 Å². The van der Waals surface area contributed by atoms with Crippen LogP contribution in [0, 0.1) is 0 Å². The van der Waals surface area contributed by atoms with E-state index in [2.05, 4.69) is 37.9 Å². The first-order valence-corrected chi connectivity index (χ1v) is 6.31. The molecule has 0 bridgehead atoms. The van der Waals surface area contributed by atoms with Gasteiger partial charge in [0, 0.05) is 25.0 Å². The summed E-state index contributed by atoms with van der Waals surface area (Å²) in [7, 11) is 0. The van der Waals surface area contributed by atoms with Gasteiger partial charge in [0.25, 0.3) is 0 Å². The summed E-state index contributed by atoms with van der Waals surface area (Å²) in [4.78, 5) is 6.93. The van der Waals surface area contributed by atoms with Crippen molar-refractivity contribution in [3.05, 3.63) is 29.6 Å². The molecular formula is C11H15BrN2O. The lowest BCUT2D eigenvalue weighted by atomic mass is 10.3. The third kappa shape index (κ3) is 3.26. The molecule has 2 heterocycles. The van der Waals surface area contributed by atoms with Crippen LogP contribution < -0.4 is 0 Å². The SMILES string of the molecule is BrCc1cccc(CN2CCOCC2)n1. The van der Waals surface area contributed by atoms with E-state index in [4.69, 9.17) is 4.74 Å². The molecule has 0 saturated carbocycles. The molecule has 0 spiro atoms. The molecule has 0 atom stereocenters. The monoisotopic (exact) mass is 270 g/mol. The summed E-state index contributed by atoms with van der Waals surface area (Å²) < 4.78 is 5.31. The normalized spacial score (nSPS) is 17.9. The number of halogens is 1. The van der Waals surface area contributed by atoms with Crippen LogP contribution in [0.1, 0.15) is 11.4 Å². The minimum atomic E-state index is 0.823. The molecule has 15 heavy (non-hydrogen) atoms. The van der Waals surface area contributed by atoms with Gasteiger partial charge >= 0.3 is 0 Å². The standard InChI is InChI=1S/C11H15BrN2O/c12-8-10-2-1-3-11(13-10)9-14-4-6-15-7-5-14/h1-3H,4-9H2. The number of rotatable bonds is 3. The first-order valence-electron chi connectivity index (χ1n) is 5.19. The third-order valence-electron chi connectivity index (χ3n) is 2.49. The molecule has 1 aromatic rings. The highest BCUT2D eigenvalue weighted by Crippen LogP contribution is 2.07. The number of ether oxygens (including phenoxy) is 1. The van der Waals surface area contributed by atoms with Crippen LogP contribution in [0.5, 0.6) is 0 Å². The van der Waals surface area contributed by atoms with E-state index >= 15 is 0 Å².